The zero-order valence-corrected chi connectivity index (χ0v) is 9.31. The van der Waals surface area contributed by atoms with E-state index >= 15 is 0 Å². The fourth-order valence-electron chi connectivity index (χ4n) is 2.53. The van der Waals surface area contributed by atoms with Gasteiger partial charge in [0.25, 0.3) is 5.91 Å². The minimum absolute atomic E-state index is 0.0632. The first-order valence-electron chi connectivity index (χ1n) is 5.58. The standard InChI is InChI=1S/C12H15N3O/c1-8-2-9(5-14-4-8)11(16)15-6-10-3-12(10,13)7-15/h2,4-5,10H,3,6-7,13H2,1H3/t10-,12+/m0/s1. The fourth-order valence-corrected chi connectivity index (χ4v) is 2.53. The van der Waals surface area contributed by atoms with E-state index in [1.807, 2.05) is 17.9 Å². The second-order valence-electron chi connectivity index (χ2n) is 5.07. The highest BCUT2D eigenvalue weighted by atomic mass is 16.2. The van der Waals surface area contributed by atoms with Crippen LogP contribution in [0.15, 0.2) is 18.5 Å². The summed E-state index contributed by atoms with van der Waals surface area (Å²) in [5.41, 5.74) is 7.68. The number of hydrogen-bond acceptors (Lipinski definition) is 3. The number of amides is 1. The maximum Gasteiger partial charge on any atom is 0.255 e. The number of hydrogen-bond donors (Lipinski definition) is 1. The molecule has 1 aliphatic carbocycles. The van der Waals surface area contributed by atoms with Crippen LogP contribution in [-0.4, -0.2) is 34.4 Å². The van der Waals surface area contributed by atoms with Crippen molar-refractivity contribution in [3.8, 4) is 0 Å². The molecule has 84 valence electrons. The Bertz CT molecular complexity index is 459. The zero-order valence-electron chi connectivity index (χ0n) is 9.31. The Kier molecular flexibility index (Phi) is 1.86. The van der Waals surface area contributed by atoms with Crippen molar-refractivity contribution in [3.63, 3.8) is 0 Å². The highest BCUT2D eigenvalue weighted by molar-refractivity contribution is 5.94. The number of carbonyl (C=O) groups is 1. The monoisotopic (exact) mass is 217 g/mol. The highest BCUT2D eigenvalue weighted by Gasteiger charge is 2.58. The number of piperidine rings is 1. The summed E-state index contributed by atoms with van der Waals surface area (Å²) in [6, 6.07) is 1.88. The van der Waals surface area contributed by atoms with Crippen molar-refractivity contribution in [1.29, 1.82) is 0 Å². The SMILES string of the molecule is Cc1cncc(C(=O)N2C[C@@H]3C[C@@]3(N)C2)c1. The van der Waals surface area contributed by atoms with E-state index in [1.165, 1.54) is 0 Å². The second-order valence-corrected chi connectivity index (χ2v) is 5.07. The van der Waals surface area contributed by atoms with Gasteiger partial charge in [0.1, 0.15) is 0 Å². The van der Waals surface area contributed by atoms with Crippen molar-refractivity contribution in [2.75, 3.05) is 13.1 Å². The molecule has 4 nitrogen and oxygen atoms in total. The van der Waals surface area contributed by atoms with Crippen LogP contribution in [0.25, 0.3) is 0 Å². The van der Waals surface area contributed by atoms with Gasteiger partial charge in [-0.25, -0.2) is 0 Å². The third kappa shape index (κ3) is 1.41. The van der Waals surface area contributed by atoms with E-state index in [2.05, 4.69) is 4.98 Å². The molecule has 1 aromatic heterocycles. The van der Waals surface area contributed by atoms with Gasteiger partial charge in [-0.3, -0.25) is 9.78 Å². The summed E-state index contributed by atoms with van der Waals surface area (Å²) >= 11 is 0. The molecule has 2 fully saturated rings. The van der Waals surface area contributed by atoms with Crippen LogP contribution in [0.3, 0.4) is 0 Å². The van der Waals surface area contributed by atoms with Gasteiger partial charge in [-0.2, -0.15) is 0 Å². The van der Waals surface area contributed by atoms with E-state index in [0.29, 0.717) is 18.0 Å². The molecule has 0 aromatic carbocycles. The summed E-state index contributed by atoms with van der Waals surface area (Å²) in [4.78, 5) is 18.0. The summed E-state index contributed by atoms with van der Waals surface area (Å²) in [7, 11) is 0. The van der Waals surface area contributed by atoms with E-state index in [-0.39, 0.29) is 11.4 Å². The Morgan fingerprint density at radius 3 is 3.06 bits per heavy atom. The number of rotatable bonds is 1. The van der Waals surface area contributed by atoms with Crippen molar-refractivity contribution in [2.45, 2.75) is 18.9 Å². The maximum absolute atomic E-state index is 12.1. The number of fused-ring (bicyclic) bond motifs is 1. The molecule has 2 atom stereocenters. The van der Waals surface area contributed by atoms with Crippen molar-refractivity contribution < 1.29 is 4.79 Å². The summed E-state index contributed by atoms with van der Waals surface area (Å²) < 4.78 is 0. The lowest BCUT2D eigenvalue weighted by molar-refractivity contribution is 0.0772. The first kappa shape index (κ1) is 9.78. The summed E-state index contributed by atoms with van der Waals surface area (Å²) in [6.07, 6.45) is 4.45. The molecule has 0 radical (unpaired) electrons. The number of likely N-dealkylation sites (tertiary alicyclic amines) is 1. The average molecular weight is 217 g/mol. The molecule has 3 rings (SSSR count). The quantitative estimate of drug-likeness (QED) is 0.748. The van der Waals surface area contributed by atoms with Crippen LogP contribution in [0.2, 0.25) is 0 Å². The van der Waals surface area contributed by atoms with Crippen LogP contribution in [0, 0.1) is 12.8 Å². The van der Waals surface area contributed by atoms with Crippen LogP contribution in [0.4, 0.5) is 0 Å². The molecule has 2 aliphatic rings. The minimum Gasteiger partial charge on any atom is -0.336 e. The van der Waals surface area contributed by atoms with Gasteiger partial charge in [-0.1, -0.05) is 0 Å². The van der Waals surface area contributed by atoms with Crippen LogP contribution in [-0.2, 0) is 0 Å². The number of carbonyl (C=O) groups excluding carboxylic acids is 1. The number of aromatic nitrogens is 1. The van der Waals surface area contributed by atoms with Crippen LogP contribution >= 0.6 is 0 Å². The molecule has 16 heavy (non-hydrogen) atoms. The van der Waals surface area contributed by atoms with Crippen LogP contribution in [0.1, 0.15) is 22.3 Å². The van der Waals surface area contributed by atoms with E-state index < -0.39 is 0 Å². The molecule has 1 saturated heterocycles. The molecular formula is C12H15N3O. The Hall–Kier alpha value is -1.42. The third-order valence-corrected chi connectivity index (χ3v) is 3.61. The van der Waals surface area contributed by atoms with Crippen molar-refractivity contribution in [2.24, 2.45) is 11.7 Å². The van der Waals surface area contributed by atoms with Gasteiger partial charge in [0, 0.05) is 31.0 Å². The zero-order chi connectivity index (χ0) is 11.3. The first-order valence-corrected chi connectivity index (χ1v) is 5.58. The molecule has 1 aliphatic heterocycles. The van der Waals surface area contributed by atoms with E-state index in [4.69, 9.17) is 5.73 Å². The van der Waals surface area contributed by atoms with Crippen LogP contribution < -0.4 is 5.73 Å². The Labute approximate surface area is 94.5 Å². The minimum atomic E-state index is -0.0765. The predicted molar refractivity (Wildman–Crippen MR) is 59.9 cm³/mol. The highest BCUT2D eigenvalue weighted by Crippen LogP contribution is 2.47. The maximum atomic E-state index is 12.1. The Morgan fingerprint density at radius 2 is 2.44 bits per heavy atom. The molecule has 1 amide bonds. The lowest BCUT2D eigenvalue weighted by Gasteiger charge is -2.19. The van der Waals surface area contributed by atoms with Gasteiger partial charge in [0.15, 0.2) is 0 Å². The molecule has 1 aromatic rings. The van der Waals surface area contributed by atoms with Crippen molar-refractivity contribution >= 4 is 5.91 Å². The van der Waals surface area contributed by atoms with Gasteiger partial charge in [0.05, 0.1) is 5.56 Å². The first-order chi connectivity index (χ1) is 7.58. The summed E-state index contributed by atoms with van der Waals surface area (Å²) in [5, 5.41) is 0. The van der Waals surface area contributed by atoms with Gasteiger partial charge in [0.2, 0.25) is 0 Å². The van der Waals surface area contributed by atoms with Gasteiger partial charge in [-0.05, 0) is 30.9 Å². The Morgan fingerprint density at radius 1 is 1.62 bits per heavy atom. The van der Waals surface area contributed by atoms with Crippen molar-refractivity contribution in [3.05, 3.63) is 29.6 Å². The molecule has 4 heteroatoms. The largest absolute Gasteiger partial charge is 0.336 e. The molecule has 0 unspecified atom stereocenters. The second kappa shape index (κ2) is 3.04. The van der Waals surface area contributed by atoms with E-state index in [1.54, 1.807) is 12.4 Å². The Balaban J connectivity index is 1.79. The lowest BCUT2D eigenvalue weighted by Crippen LogP contribution is -2.37. The van der Waals surface area contributed by atoms with E-state index in [0.717, 1.165) is 18.5 Å². The molecule has 2 heterocycles. The third-order valence-electron chi connectivity index (χ3n) is 3.61. The number of nitrogens with zero attached hydrogens (tertiary/aromatic N) is 2. The topological polar surface area (TPSA) is 59.2 Å². The van der Waals surface area contributed by atoms with Crippen molar-refractivity contribution in [1.82, 2.24) is 9.88 Å². The fraction of sp³-hybridized carbons (Fsp3) is 0.500. The summed E-state index contributed by atoms with van der Waals surface area (Å²) in [5.74, 6) is 0.586. The number of nitrogens with two attached hydrogens (primary N) is 1. The van der Waals surface area contributed by atoms with Gasteiger partial charge < -0.3 is 10.6 Å². The van der Waals surface area contributed by atoms with Gasteiger partial charge >= 0.3 is 0 Å². The number of aryl methyl sites for hydroxylation is 1. The number of pyridine rings is 1. The lowest BCUT2D eigenvalue weighted by atomic mass is 10.2. The normalized spacial score (nSPS) is 31.4. The average Bonchev–Trinajstić information content (AvgIpc) is 2.76. The van der Waals surface area contributed by atoms with E-state index in [9.17, 15) is 4.79 Å². The molecule has 1 saturated carbocycles. The molecule has 2 N–H and O–H groups in total. The predicted octanol–water partition coefficient (Wildman–Crippen LogP) is 0.563. The van der Waals surface area contributed by atoms with Crippen LogP contribution in [0.5, 0.6) is 0 Å². The smallest absolute Gasteiger partial charge is 0.255 e. The molecule has 0 spiro atoms. The summed E-state index contributed by atoms with van der Waals surface area (Å²) in [6.45, 7) is 3.45. The molecular weight excluding hydrogens is 202 g/mol. The molecule has 0 bridgehead atoms. The van der Waals surface area contributed by atoms with Gasteiger partial charge in [-0.15, -0.1) is 0 Å².